The predicted molar refractivity (Wildman–Crippen MR) is 141 cm³/mol. The van der Waals surface area contributed by atoms with Crippen molar-refractivity contribution in [2.24, 2.45) is 11.5 Å². The molecule has 0 atom stereocenters. The smallest absolute Gasteiger partial charge is 0.269 e. The van der Waals surface area contributed by atoms with E-state index in [1.165, 1.54) is 30.3 Å². The van der Waals surface area contributed by atoms with Crippen LogP contribution >= 0.6 is 0 Å². The van der Waals surface area contributed by atoms with E-state index in [0.29, 0.717) is 30.3 Å². The quantitative estimate of drug-likeness (QED) is 0.263. The summed E-state index contributed by atoms with van der Waals surface area (Å²) in [6.07, 6.45) is 3.53. The van der Waals surface area contributed by atoms with Crippen LogP contribution in [0, 0.1) is 0 Å². The van der Waals surface area contributed by atoms with Gasteiger partial charge in [0.25, 0.3) is 15.9 Å². The zero-order chi connectivity index (χ0) is 26.6. The van der Waals surface area contributed by atoms with E-state index in [1.807, 2.05) is 0 Å². The van der Waals surface area contributed by atoms with Gasteiger partial charge in [0.1, 0.15) is 5.69 Å². The number of nitrogens with two attached hydrogens (primary N) is 2. The van der Waals surface area contributed by atoms with Crippen LogP contribution in [-0.2, 0) is 19.6 Å². The summed E-state index contributed by atoms with van der Waals surface area (Å²) in [5.74, 6) is -0.877. The molecule has 0 unspecified atom stereocenters. The number of nitrogens with one attached hydrogen (secondary N) is 3. The second kappa shape index (κ2) is 11.1. The molecule has 196 valence electrons. The van der Waals surface area contributed by atoms with Crippen molar-refractivity contribution >= 4 is 50.5 Å². The van der Waals surface area contributed by atoms with Crippen molar-refractivity contribution in [2.75, 3.05) is 17.2 Å². The first-order valence-corrected chi connectivity index (χ1v) is 13.4. The minimum Gasteiger partial charge on any atom is -0.348 e. The molecule has 0 spiro atoms. The number of fused-ring (bicyclic) bond motifs is 1. The molecule has 37 heavy (non-hydrogen) atoms. The van der Waals surface area contributed by atoms with Gasteiger partial charge in [-0.2, -0.15) is 0 Å². The first-order valence-electron chi connectivity index (χ1n) is 12.0. The molecule has 2 aromatic carbocycles. The summed E-state index contributed by atoms with van der Waals surface area (Å²) in [6, 6.07) is 12.0. The Kier molecular flexibility index (Phi) is 7.91. The van der Waals surface area contributed by atoms with Crippen LogP contribution in [0.25, 0.3) is 10.9 Å². The maximum Gasteiger partial charge on any atom is 0.269 e. The number of aromatic nitrogens is 1. The number of hydrogen-bond donors (Lipinski definition) is 5. The Morgan fingerprint density at radius 1 is 1.03 bits per heavy atom. The molecule has 1 aliphatic carbocycles. The molecule has 1 fully saturated rings. The van der Waals surface area contributed by atoms with Crippen molar-refractivity contribution < 1.29 is 22.8 Å². The molecular weight excluding hydrogens is 496 g/mol. The highest BCUT2D eigenvalue weighted by Crippen LogP contribution is 2.29. The standard InChI is InChI=1S/C25H30N6O5S/c26-11-10-24(33)29-20-2-1-3-21(13-20)37(35,36)31-22-14-19(28-15-32)7-4-16(22)12-23(31)25(34)30-18-8-5-17(27)6-9-18/h1-4,7,12-15,17-18H,5-6,8-11,26-27H2,(H,28,32)(H,29,33)(H,30,34). The van der Waals surface area contributed by atoms with Gasteiger partial charge in [-0.1, -0.05) is 12.1 Å². The van der Waals surface area contributed by atoms with Gasteiger partial charge in [-0.15, -0.1) is 0 Å². The summed E-state index contributed by atoms with van der Waals surface area (Å²) in [5, 5.41) is 8.59. The number of anilines is 2. The van der Waals surface area contributed by atoms with Crippen LogP contribution in [0.1, 0.15) is 42.6 Å². The lowest BCUT2D eigenvalue weighted by molar-refractivity contribution is -0.116. The molecule has 1 heterocycles. The van der Waals surface area contributed by atoms with E-state index >= 15 is 0 Å². The highest BCUT2D eigenvalue weighted by atomic mass is 32.2. The van der Waals surface area contributed by atoms with Crippen LogP contribution < -0.4 is 27.4 Å². The van der Waals surface area contributed by atoms with Crippen LogP contribution in [0.15, 0.2) is 53.4 Å². The second-order valence-electron chi connectivity index (χ2n) is 9.03. The molecule has 7 N–H and O–H groups in total. The fourth-order valence-corrected chi connectivity index (χ4v) is 6.02. The van der Waals surface area contributed by atoms with Gasteiger partial charge in [-0.25, -0.2) is 12.4 Å². The van der Waals surface area contributed by atoms with Crippen molar-refractivity contribution in [3.05, 3.63) is 54.2 Å². The molecule has 1 saturated carbocycles. The van der Waals surface area contributed by atoms with Crippen molar-refractivity contribution in [1.82, 2.24) is 9.29 Å². The van der Waals surface area contributed by atoms with E-state index in [9.17, 15) is 22.8 Å². The first kappa shape index (κ1) is 26.3. The van der Waals surface area contributed by atoms with Crippen molar-refractivity contribution in [1.29, 1.82) is 0 Å². The average molecular weight is 527 g/mol. The van der Waals surface area contributed by atoms with Gasteiger partial charge in [0.2, 0.25) is 12.3 Å². The normalized spacial score (nSPS) is 17.8. The Hall–Kier alpha value is -3.74. The molecule has 4 rings (SSSR count). The Bertz CT molecular complexity index is 1430. The Labute approximate surface area is 214 Å². The van der Waals surface area contributed by atoms with Crippen LogP contribution in [0.2, 0.25) is 0 Å². The van der Waals surface area contributed by atoms with Gasteiger partial charge >= 0.3 is 0 Å². The average Bonchev–Trinajstić information content (AvgIpc) is 3.26. The lowest BCUT2D eigenvalue weighted by Crippen LogP contribution is -2.41. The molecule has 3 amide bonds. The second-order valence-corrected chi connectivity index (χ2v) is 10.8. The molecule has 1 aromatic heterocycles. The molecule has 11 nitrogen and oxygen atoms in total. The molecule has 0 saturated heterocycles. The first-order chi connectivity index (χ1) is 17.7. The number of benzene rings is 2. The van der Waals surface area contributed by atoms with E-state index in [0.717, 1.165) is 16.8 Å². The fraction of sp³-hybridized carbons (Fsp3) is 0.320. The Morgan fingerprint density at radius 2 is 1.78 bits per heavy atom. The topological polar surface area (TPSA) is 178 Å². The number of nitrogens with zero attached hydrogens (tertiary/aromatic N) is 1. The van der Waals surface area contributed by atoms with Crippen molar-refractivity contribution in [3.63, 3.8) is 0 Å². The van der Waals surface area contributed by atoms with Crippen molar-refractivity contribution in [3.8, 4) is 0 Å². The Morgan fingerprint density at radius 3 is 2.49 bits per heavy atom. The molecule has 0 aliphatic heterocycles. The SMILES string of the molecule is NCCC(=O)Nc1cccc(S(=O)(=O)n2c(C(=O)NC3CCC(N)CC3)cc3ccc(NC=O)cc32)c1. The monoisotopic (exact) mass is 526 g/mol. The summed E-state index contributed by atoms with van der Waals surface area (Å²) in [4.78, 5) is 36.2. The highest BCUT2D eigenvalue weighted by Gasteiger charge is 2.29. The summed E-state index contributed by atoms with van der Waals surface area (Å²) in [7, 11) is -4.31. The van der Waals surface area contributed by atoms with Crippen molar-refractivity contribution in [2.45, 2.75) is 49.1 Å². The van der Waals surface area contributed by atoms with Crippen LogP contribution in [0.5, 0.6) is 0 Å². The molecule has 0 radical (unpaired) electrons. The van der Waals surface area contributed by atoms with Gasteiger partial charge < -0.3 is 27.4 Å². The molecule has 1 aliphatic rings. The van der Waals surface area contributed by atoms with Gasteiger partial charge in [0.05, 0.1) is 10.4 Å². The molecule has 0 bridgehead atoms. The van der Waals surface area contributed by atoms with Crippen LogP contribution in [0.3, 0.4) is 0 Å². The van der Waals surface area contributed by atoms with Gasteiger partial charge in [0.15, 0.2) is 0 Å². The van der Waals surface area contributed by atoms with Crippen LogP contribution in [0.4, 0.5) is 11.4 Å². The largest absolute Gasteiger partial charge is 0.348 e. The third kappa shape index (κ3) is 5.82. The summed E-state index contributed by atoms with van der Waals surface area (Å²) in [5.41, 5.74) is 12.2. The minimum atomic E-state index is -4.31. The number of carbonyl (C=O) groups is 3. The minimum absolute atomic E-state index is 0.0642. The summed E-state index contributed by atoms with van der Waals surface area (Å²) < 4.78 is 28.9. The number of amides is 3. The third-order valence-corrected chi connectivity index (χ3v) is 8.08. The van der Waals surface area contributed by atoms with E-state index in [-0.39, 0.29) is 52.7 Å². The molecule has 12 heteroatoms. The lowest BCUT2D eigenvalue weighted by Gasteiger charge is -2.27. The maximum absolute atomic E-state index is 13.9. The van der Waals surface area contributed by atoms with Crippen LogP contribution in [-0.4, -0.2) is 49.2 Å². The highest BCUT2D eigenvalue weighted by molar-refractivity contribution is 7.90. The third-order valence-electron chi connectivity index (χ3n) is 6.35. The van der Waals surface area contributed by atoms with E-state index in [4.69, 9.17) is 11.5 Å². The van der Waals surface area contributed by atoms with Gasteiger partial charge in [-0.3, -0.25) is 14.4 Å². The zero-order valence-corrected chi connectivity index (χ0v) is 21.0. The summed E-state index contributed by atoms with van der Waals surface area (Å²) >= 11 is 0. The fourth-order valence-electron chi connectivity index (χ4n) is 4.47. The van der Waals surface area contributed by atoms with E-state index in [2.05, 4.69) is 16.0 Å². The predicted octanol–water partition coefficient (Wildman–Crippen LogP) is 1.73. The maximum atomic E-state index is 13.9. The number of hydrogen-bond acceptors (Lipinski definition) is 7. The summed E-state index contributed by atoms with van der Waals surface area (Å²) in [6.45, 7) is 0.155. The number of carbonyl (C=O) groups excluding carboxylic acids is 3. The molecular formula is C25H30N6O5S. The van der Waals surface area contributed by atoms with E-state index in [1.54, 1.807) is 18.2 Å². The Balaban J connectivity index is 1.78. The lowest BCUT2D eigenvalue weighted by atomic mass is 9.92. The molecule has 3 aromatic rings. The van der Waals surface area contributed by atoms with E-state index < -0.39 is 15.9 Å². The van der Waals surface area contributed by atoms with Gasteiger partial charge in [0, 0.05) is 41.8 Å². The van der Waals surface area contributed by atoms with Gasteiger partial charge in [-0.05, 0) is 62.1 Å². The zero-order valence-electron chi connectivity index (χ0n) is 20.1. The number of rotatable bonds is 9.